The zero-order valence-corrected chi connectivity index (χ0v) is 41.7. The van der Waals surface area contributed by atoms with Gasteiger partial charge in [0.2, 0.25) is 12.3 Å². The Morgan fingerprint density at radius 1 is 0.500 bits per heavy atom. The molecule has 26 heteroatoms. The number of carbonyl (C=O) groups excluding carboxylic acids is 2. The maximum atomic E-state index is 13.5. The number of alkyl halides is 6. The van der Waals surface area contributed by atoms with E-state index < -0.39 is 47.6 Å². The standard InChI is InChI=1S/2C27H22F3N7O3/c2*28-27(29,30)17-14-20(37-10-12-39-13-11-37)22(31-15-17)25-35-36-26(40-25)34-23-24(38)32-19-9-5-4-8-18(19)21(33-23)16-6-2-1-3-7-16/h2*1-9,14-15,23H,10-13H2,(H,32,38)(H,34,36)/t2*23-/m10/s1. The molecule has 0 saturated carbocycles. The highest BCUT2D eigenvalue weighted by Gasteiger charge is 2.36. The van der Waals surface area contributed by atoms with E-state index in [1.54, 1.807) is 21.9 Å². The summed E-state index contributed by atoms with van der Waals surface area (Å²) in [4.78, 5) is 47.1. The number of carbonyl (C=O) groups is 2. The second-order valence-corrected chi connectivity index (χ2v) is 18.1. The number of rotatable bonds is 10. The fourth-order valence-electron chi connectivity index (χ4n) is 8.99. The lowest BCUT2D eigenvalue weighted by Crippen LogP contribution is -2.36. The summed E-state index contributed by atoms with van der Waals surface area (Å²) in [6.45, 7) is 2.90. The molecule has 0 unspecified atom stereocenters. The van der Waals surface area contributed by atoms with Crippen molar-refractivity contribution in [2.75, 3.05) is 83.7 Å². The van der Waals surface area contributed by atoms with E-state index in [0.717, 1.165) is 46.8 Å². The molecule has 4 aromatic carbocycles. The molecule has 4 aromatic heterocycles. The Kier molecular flexibility index (Phi) is 14.7. The number of benzene rings is 4. The zero-order valence-electron chi connectivity index (χ0n) is 41.7. The molecule has 2 saturated heterocycles. The van der Waals surface area contributed by atoms with Crippen LogP contribution in [0.3, 0.4) is 0 Å². The number of amides is 2. The van der Waals surface area contributed by atoms with Crippen LogP contribution in [0.2, 0.25) is 0 Å². The van der Waals surface area contributed by atoms with Gasteiger partial charge >= 0.3 is 24.4 Å². The van der Waals surface area contributed by atoms with Gasteiger partial charge < -0.3 is 49.4 Å². The first-order valence-corrected chi connectivity index (χ1v) is 24.8. The van der Waals surface area contributed by atoms with Gasteiger partial charge in [0.1, 0.15) is 0 Å². The van der Waals surface area contributed by atoms with Crippen molar-refractivity contribution in [2.24, 2.45) is 9.98 Å². The summed E-state index contributed by atoms with van der Waals surface area (Å²) in [6.07, 6.45) is -9.99. The normalized spacial score (nSPS) is 17.5. The lowest BCUT2D eigenvalue weighted by atomic mass is 10.0. The summed E-state index contributed by atoms with van der Waals surface area (Å²) in [6, 6.07) is 35.1. The number of aromatic nitrogens is 6. The fraction of sp³-hybridized carbons (Fsp3) is 0.222. The van der Waals surface area contributed by atoms with Crippen molar-refractivity contribution in [1.82, 2.24) is 30.4 Å². The third-order valence-corrected chi connectivity index (χ3v) is 12.9. The van der Waals surface area contributed by atoms with Crippen LogP contribution < -0.4 is 31.1 Å². The topological polar surface area (TPSA) is 236 Å². The monoisotopic (exact) mass is 1100 g/mol. The number of para-hydroxylation sites is 2. The third kappa shape index (κ3) is 11.5. The molecule has 4 aliphatic rings. The van der Waals surface area contributed by atoms with E-state index in [2.05, 4.69) is 61.6 Å². The molecule has 2 fully saturated rings. The average Bonchev–Trinajstić information content (AvgIpc) is 4.12. The lowest BCUT2D eigenvalue weighted by molar-refractivity contribution is -0.138. The van der Waals surface area contributed by atoms with E-state index in [-0.39, 0.29) is 46.6 Å². The van der Waals surface area contributed by atoms with Crippen LogP contribution in [-0.2, 0) is 31.4 Å². The highest BCUT2D eigenvalue weighted by atomic mass is 19.4. The van der Waals surface area contributed by atoms with Gasteiger partial charge in [-0.1, -0.05) is 107 Å². The molecule has 20 nitrogen and oxygen atoms in total. The van der Waals surface area contributed by atoms with Crippen LogP contribution in [0.15, 0.2) is 153 Å². The van der Waals surface area contributed by atoms with Gasteiger partial charge in [-0.15, -0.1) is 10.2 Å². The minimum absolute atomic E-state index is 0.0849. The number of halogens is 6. The van der Waals surface area contributed by atoms with Crippen LogP contribution in [0.5, 0.6) is 0 Å². The van der Waals surface area contributed by atoms with Crippen LogP contribution in [0.1, 0.15) is 33.4 Å². The summed E-state index contributed by atoms with van der Waals surface area (Å²) in [5.74, 6) is -1.14. The van der Waals surface area contributed by atoms with Crippen LogP contribution in [0, 0.1) is 0 Å². The van der Waals surface area contributed by atoms with Crippen molar-refractivity contribution in [1.29, 1.82) is 0 Å². The number of ether oxygens (including phenoxy) is 2. The number of hydrogen-bond donors (Lipinski definition) is 4. The number of aliphatic imine (C=N–C) groups is 2. The molecule has 4 N–H and O–H groups in total. The number of morpholine rings is 2. The number of fused-ring (bicyclic) bond motifs is 2. The molecular formula is C54H44F6N14O6. The molecule has 2 amide bonds. The molecule has 2 atom stereocenters. The number of nitrogens with one attached hydrogen (secondary N) is 4. The second kappa shape index (κ2) is 22.4. The van der Waals surface area contributed by atoms with Crippen molar-refractivity contribution in [3.05, 3.63) is 167 Å². The average molecular weight is 1100 g/mol. The second-order valence-electron chi connectivity index (χ2n) is 18.1. The minimum Gasteiger partial charge on any atom is -0.402 e. The van der Waals surface area contributed by atoms with E-state index in [0.29, 0.717) is 75.4 Å². The molecule has 8 heterocycles. The highest BCUT2D eigenvalue weighted by molar-refractivity contribution is 6.20. The van der Waals surface area contributed by atoms with Gasteiger partial charge in [0.15, 0.2) is 11.4 Å². The number of anilines is 6. The van der Waals surface area contributed by atoms with E-state index in [9.17, 15) is 35.9 Å². The van der Waals surface area contributed by atoms with Crippen LogP contribution >= 0.6 is 0 Å². The van der Waals surface area contributed by atoms with Crippen molar-refractivity contribution in [3.63, 3.8) is 0 Å². The maximum absolute atomic E-state index is 13.5. The van der Waals surface area contributed by atoms with Gasteiger partial charge in [0.25, 0.3) is 23.6 Å². The summed E-state index contributed by atoms with van der Waals surface area (Å²) < 4.78 is 103. The van der Waals surface area contributed by atoms with Crippen LogP contribution in [0.4, 0.5) is 61.1 Å². The summed E-state index contributed by atoms with van der Waals surface area (Å²) in [5.41, 5.74) is 4.18. The van der Waals surface area contributed by atoms with Crippen molar-refractivity contribution < 1.29 is 54.2 Å². The highest BCUT2D eigenvalue weighted by Crippen LogP contribution is 2.39. The first kappa shape index (κ1) is 52.5. The van der Waals surface area contributed by atoms with E-state index >= 15 is 0 Å². The Morgan fingerprint density at radius 2 is 0.875 bits per heavy atom. The van der Waals surface area contributed by atoms with E-state index in [4.69, 9.17) is 18.3 Å². The Morgan fingerprint density at radius 3 is 1.26 bits per heavy atom. The van der Waals surface area contributed by atoms with Crippen molar-refractivity contribution >= 4 is 58.0 Å². The Bertz CT molecular complexity index is 3370. The van der Waals surface area contributed by atoms with Crippen LogP contribution in [-0.4, -0.2) is 119 Å². The fourth-order valence-corrected chi connectivity index (χ4v) is 8.99. The Balaban J connectivity index is 0.000000169. The molecule has 12 rings (SSSR count). The predicted molar refractivity (Wildman–Crippen MR) is 280 cm³/mol. The number of pyridine rings is 2. The van der Waals surface area contributed by atoms with Gasteiger partial charge in [0, 0.05) is 60.8 Å². The molecule has 8 aromatic rings. The number of hydrogen-bond acceptors (Lipinski definition) is 18. The lowest BCUT2D eigenvalue weighted by Gasteiger charge is -2.30. The maximum Gasteiger partial charge on any atom is 0.417 e. The summed E-state index contributed by atoms with van der Waals surface area (Å²) >= 11 is 0. The molecule has 0 aliphatic carbocycles. The van der Waals surface area contributed by atoms with Gasteiger partial charge in [-0.25, -0.2) is 20.0 Å². The van der Waals surface area contributed by atoms with Gasteiger partial charge in [-0.2, -0.15) is 26.3 Å². The Hall–Kier alpha value is -9.56. The molecule has 0 bridgehead atoms. The number of nitrogens with zero attached hydrogens (tertiary/aromatic N) is 10. The molecule has 408 valence electrons. The van der Waals surface area contributed by atoms with Crippen molar-refractivity contribution in [2.45, 2.75) is 24.7 Å². The van der Waals surface area contributed by atoms with Crippen molar-refractivity contribution in [3.8, 4) is 23.2 Å². The predicted octanol–water partition coefficient (Wildman–Crippen LogP) is 8.43. The summed E-state index contributed by atoms with van der Waals surface area (Å²) in [7, 11) is 0. The number of benzodiazepines with no additional fused rings is 2. The van der Waals surface area contributed by atoms with Gasteiger partial charge in [0.05, 0.1) is 71.7 Å². The SMILES string of the molecule is O=C1Nc2ccccc2C(c2ccccc2)=N[C@@H]1Nc1nnc(-c2ncc(C(F)(F)F)cc2N2CCOCC2)o1.O=C1Nc2ccccc2C(c2ccccc2)=N[C@H]1Nc1nnc(-c2ncc(C(F)(F)F)cc2N2CCOCC2)o1. The first-order valence-electron chi connectivity index (χ1n) is 24.8. The third-order valence-electron chi connectivity index (χ3n) is 12.9. The zero-order chi connectivity index (χ0) is 55.4. The van der Waals surface area contributed by atoms with Gasteiger partial charge in [-0.05, 0) is 24.3 Å². The molecule has 0 spiro atoms. The van der Waals surface area contributed by atoms with Gasteiger partial charge in [-0.3, -0.25) is 9.59 Å². The quantitative estimate of drug-likeness (QED) is 0.0941. The molecule has 4 aliphatic heterocycles. The summed E-state index contributed by atoms with van der Waals surface area (Å²) in [5, 5.41) is 27.4. The molecule has 80 heavy (non-hydrogen) atoms. The van der Waals surface area contributed by atoms with Crippen LogP contribution in [0.25, 0.3) is 23.2 Å². The molecule has 0 radical (unpaired) electrons. The molecular weight excluding hydrogens is 1050 g/mol. The Labute approximate surface area is 450 Å². The first-order chi connectivity index (χ1) is 38.7. The van der Waals surface area contributed by atoms with E-state index in [1.165, 1.54) is 0 Å². The smallest absolute Gasteiger partial charge is 0.402 e. The minimum atomic E-state index is -4.58. The largest absolute Gasteiger partial charge is 0.417 e. The van der Waals surface area contributed by atoms with E-state index in [1.807, 2.05) is 97.1 Å².